The Hall–Kier alpha value is -3.39. The molecular weight excluding hydrogens is 420 g/mol. The van der Waals surface area contributed by atoms with Crippen LogP contribution >= 0.6 is 0 Å². The van der Waals surface area contributed by atoms with E-state index in [0.717, 1.165) is 31.1 Å². The van der Waals surface area contributed by atoms with Gasteiger partial charge in [-0.15, -0.1) is 0 Å². The standard InChI is InChI=1S/C25H32N4O4/c1-5-29(6-2)15-16-33-19-11-9-18(10-12-19)27-23-20(25(30)32-8-4)17-26-21-13-14-22(31-7-3)28-24(21)23/h9-14,17H,5-8,15-16H2,1-4H3,(H,26,27). The maximum absolute atomic E-state index is 12.6. The van der Waals surface area contributed by atoms with Gasteiger partial charge in [0.15, 0.2) is 0 Å². The molecule has 0 atom stereocenters. The van der Waals surface area contributed by atoms with Crippen molar-refractivity contribution in [3.8, 4) is 11.6 Å². The van der Waals surface area contributed by atoms with Gasteiger partial charge in [0.1, 0.15) is 23.4 Å². The van der Waals surface area contributed by atoms with Crippen molar-refractivity contribution < 1.29 is 19.0 Å². The third kappa shape index (κ3) is 6.32. The van der Waals surface area contributed by atoms with Gasteiger partial charge in [-0.25, -0.2) is 9.78 Å². The summed E-state index contributed by atoms with van der Waals surface area (Å²) in [5.74, 6) is 0.789. The van der Waals surface area contributed by atoms with Crippen LogP contribution in [-0.2, 0) is 4.74 Å². The van der Waals surface area contributed by atoms with E-state index in [1.807, 2.05) is 37.3 Å². The second-order valence-corrected chi connectivity index (χ2v) is 7.24. The summed E-state index contributed by atoms with van der Waals surface area (Å²) < 4.78 is 16.7. The SMILES string of the molecule is CCOC(=O)c1cnc2ccc(OCC)nc2c1Nc1ccc(OCCN(CC)CC)cc1. The zero-order valence-corrected chi connectivity index (χ0v) is 19.8. The van der Waals surface area contributed by atoms with Crippen LogP contribution in [-0.4, -0.2) is 60.3 Å². The zero-order valence-electron chi connectivity index (χ0n) is 19.8. The summed E-state index contributed by atoms with van der Waals surface area (Å²) in [6, 6.07) is 11.2. The fraction of sp³-hybridized carbons (Fsp3) is 0.400. The predicted molar refractivity (Wildman–Crippen MR) is 130 cm³/mol. The molecule has 3 rings (SSSR count). The van der Waals surface area contributed by atoms with E-state index in [2.05, 4.69) is 34.0 Å². The van der Waals surface area contributed by atoms with Gasteiger partial charge in [0.2, 0.25) is 5.88 Å². The van der Waals surface area contributed by atoms with Gasteiger partial charge in [0, 0.05) is 24.5 Å². The minimum Gasteiger partial charge on any atom is -0.492 e. The largest absolute Gasteiger partial charge is 0.492 e. The van der Waals surface area contributed by atoms with Gasteiger partial charge in [-0.2, -0.15) is 0 Å². The molecule has 0 spiro atoms. The highest BCUT2D eigenvalue weighted by atomic mass is 16.5. The molecule has 176 valence electrons. The number of esters is 1. The Bertz CT molecular complexity index is 1050. The van der Waals surface area contributed by atoms with E-state index in [9.17, 15) is 4.79 Å². The lowest BCUT2D eigenvalue weighted by atomic mass is 10.1. The molecule has 0 saturated carbocycles. The van der Waals surface area contributed by atoms with Crippen molar-refractivity contribution in [3.05, 3.63) is 48.2 Å². The number of aromatic nitrogens is 2. The highest BCUT2D eigenvalue weighted by Gasteiger charge is 2.18. The molecule has 1 aromatic carbocycles. The van der Waals surface area contributed by atoms with E-state index in [4.69, 9.17) is 14.2 Å². The molecule has 8 heteroatoms. The van der Waals surface area contributed by atoms with Crippen LogP contribution in [0.4, 0.5) is 11.4 Å². The highest BCUT2D eigenvalue weighted by Crippen LogP contribution is 2.30. The summed E-state index contributed by atoms with van der Waals surface area (Å²) in [7, 11) is 0. The molecule has 33 heavy (non-hydrogen) atoms. The average Bonchev–Trinajstić information content (AvgIpc) is 2.83. The van der Waals surface area contributed by atoms with Crippen LogP contribution in [0.25, 0.3) is 11.0 Å². The Morgan fingerprint density at radius 3 is 2.39 bits per heavy atom. The highest BCUT2D eigenvalue weighted by molar-refractivity contribution is 6.04. The van der Waals surface area contributed by atoms with Crippen molar-refractivity contribution in [2.24, 2.45) is 0 Å². The first-order valence-electron chi connectivity index (χ1n) is 11.4. The van der Waals surface area contributed by atoms with E-state index in [1.165, 1.54) is 6.20 Å². The molecule has 0 fully saturated rings. The monoisotopic (exact) mass is 452 g/mol. The summed E-state index contributed by atoms with van der Waals surface area (Å²) in [5, 5.41) is 3.32. The molecule has 0 aliphatic rings. The normalized spacial score (nSPS) is 10.9. The van der Waals surface area contributed by atoms with Gasteiger partial charge in [-0.05, 0) is 57.3 Å². The molecule has 3 aromatic rings. The first-order chi connectivity index (χ1) is 16.1. The topological polar surface area (TPSA) is 85.8 Å². The quantitative estimate of drug-likeness (QED) is 0.397. The van der Waals surface area contributed by atoms with Crippen molar-refractivity contribution in [3.63, 3.8) is 0 Å². The number of benzene rings is 1. The Morgan fingerprint density at radius 2 is 1.73 bits per heavy atom. The molecule has 0 aliphatic heterocycles. The van der Waals surface area contributed by atoms with Gasteiger partial charge in [-0.3, -0.25) is 4.98 Å². The van der Waals surface area contributed by atoms with Crippen LogP contribution in [0, 0.1) is 0 Å². The number of ether oxygens (including phenoxy) is 3. The summed E-state index contributed by atoms with van der Waals surface area (Å²) in [6.07, 6.45) is 1.51. The Labute approximate surface area is 194 Å². The molecule has 0 aliphatic carbocycles. The summed E-state index contributed by atoms with van der Waals surface area (Å²) >= 11 is 0. The number of rotatable bonds is 12. The summed E-state index contributed by atoms with van der Waals surface area (Å²) in [6.45, 7) is 12.2. The number of carbonyl (C=O) groups excluding carboxylic acids is 1. The predicted octanol–water partition coefficient (Wildman–Crippen LogP) is 4.67. The molecule has 0 bridgehead atoms. The minimum absolute atomic E-state index is 0.266. The molecule has 0 amide bonds. The fourth-order valence-electron chi connectivity index (χ4n) is 3.38. The third-order valence-corrected chi connectivity index (χ3v) is 5.17. The van der Waals surface area contributed by atoms with E-state index in [1.54, 1.807) is 13.0 Å². The van der Waals surface area contributed by atoms with E-state index < -0.39 is 5.97 Å². The van der Waals surface area contributed by atoms with Crippen LogP contribution in [0.5, 0.6) is 11.6 Å². The van der Waals surface area contributed by atoms with Gasteiger partial charge in [0.25, 0.3) is 0 Å². The number of fused-ring (bicyclic) bond motifs is 1. The van der Waals surface area contributed by atoms with Crippen molar-refractivity contribution >= 4 is 28.4 Å². The van der Waals surface area contributed by atoms with Crippen LogP contribution in [0.2, 0.25) is 0 Å². The van der Waals surface area contributed by atoms with Crippen LogP contribution in [0.3, 0.4) is 0 Å². The Balaban J connectivity index is 1.86. The lowest BCUT2D eigenvalue weighted by Gasteiger charge is -2.18. The first kappa shape index (κ1) is 24.3. The molecule has 0 saturated heterocycles. The number of nitrogens with zero attached hydrogens (tertiary/aromatic N) is 3. The maximum Gasteiger partial charge on any atom is 0.341 e. The molecule has 2 aromatic heterocycles. The van der Waals surface area contributed by atoms with Crippen LogP contribution in [0.1, 0.15) is 38.1 Å². The number of nitrogens with one attached hydrogen (secondary N) is 1. The molecule has 2 heterocycles. The lowest BCUT2D eigenvalue weighted by Crippen LogP contribution is -2.27. The summed E-state index contributed by atoms with van der Waals surface area (Å²) in [4.78, 5) is 23.9. The maximum atomic E-state index is 12.6. The van der Waals surface area contributed by atoms with Crippen LogP contribution < -0.4 is 14.8 Å². The van der Waals surface area contributed by atoms with Gasteiger partial charge in [0.05, 0.1) is 24.4 Å². The van der Waals surface area contributed by atoms with Crippen molar-refractivity contribution in [1.29, 1.82) is 0 Å². The van der Waals surface area contributed by atoms with Crippen molar-refractivity contribution in [1.82, 2.24) is 14.9 Å². The molecule has 0 unspecified atom stereocenters. The molecular formula is C25H32N4O4. The lowest BCUT2D eigenvalue weighted by molar-refractivity contribution is 0.0527. The molecule has 1 N–H and O–H groups in total. The van der Waals surface area contributed by atoms with E-state index in [-0.39, 0.29) is 6.61 Å². The first-order valence-corrected chi connectivity index (χ1v) is 11.4. The smallest absolute Gasteiger partial charge is 0.341 e. The minimum atomic E-state index is -0.464. The number of hydrogen-bond donors (Lipinski definition) is 1. The van der Waals surface area contributed by atoms with Gasteiger partial charge < -0.3 is 24.4 Å². The second-order valence-electron chi connectivity index (χ2n) is 7.24. The van der Waals surface area contributed by atoms with Crippen molar-refractivity contribution in [2.45, 2.75) is 27.7 Å². The van der Waals surface area contributed by atoms with Crippen molar-refractivity contribution in [2.75, 3.05) is 44.8 Å². The molecule has 0 radical (unpaired) electrons. The Kier molecular flexibility index (Phi) is 8.83. The Morgan fingerprint density at radius 1 is 0.970 bits per heavy atom. The number of hydrogen-bond acceptors (Lipinski definition) is 8. The van der Waals surface area contributed by atoms with Gasteiger partial charge >= 0.3 is 5.97 Å². The summed E-state index contributed by atoms with van der Waals surface area (Å²) in [5.41, 5.74) is 2.80. The number of pyridine rings is 2. The van der Waals surface area contributed by atoms with Gasteiger partial charge in [-0.1, -0.05) is 13.8 Å². The van der Waals surface area contributed by atoms with Crippen LogP contribution in [0.15, 0.2) is 42.6 Å². The number of likely N-dealkylation sites (N-methyl/N-ethyl adjacent to an activating group) is 1. The fourth-order valence-corrected chi connectivity index (χ4v) is 3.38. The number of anilines is 2. The number of carbonyl (C=O) groups is 1. The average molecular weight is 453 g/mol. The van der Waals surface area contributed by atoms with E-state index in [0.29, 0.717) is 41.4 Å². The third-order valence-electron chi connectivity index (χ3n) is 5.17. The zero-order chi connectivity index (χ0) is 23.6. The molecule has 8 nitrogen and oxygen atoms in total. The second kappa shape index (κ2) is 12.0. The van der Waals surface area contributed by atoms with E-state index >= 15 is 0 Å².